The summed E-state index contributed by atoms with van der Waals surface area (Å²) in [6.07, 6.45) is 3.51. The Bertz CT molecular complexity index is 474. The van der Waals surface area contributed by atoms with Crippen LogP contribution >= 0.6 is 15.9 Å². The van der Waals surface area contributed by atoms with Crippen molar-refractivity contribution in [3.63, 3.8) is 0 Å². The molecule has 0 spiro atoms. The molecular weight excluding hydrogens is 302 g/mol. The fourth-order valence-corrected chi connectivity index (χ4v) is 3.84. The van der Waals surface area contributed by atoms with Crippen LogP contribution in [0.4, 0.5) is 0 Å². The number of fused-ring (bicyclic) bond motifs is 1. The van der Waals surface area contributed by atoms with Crippen LogP contribution < -0.4 is 10.1 Å². The van der Waals surface area contributed by atoms with E-state index >= 15 is 0 Å². The summed E-state index contributed by atoms with van der Waals surface area (Å²) in [6, 6.07) is 5.04. The second-order valence-electron chi connectivity index (χ2n) is 5.90. The minimum Gasteiger partial charge on any atom is -0.493 e. The summed E-state index contributed by atoms with van der Waals surface area (Å²) in [5, 5.41) is 3.66. The Balaban J connectivity index is 1.81. The Hall–Kier alpha value is -0.540. The molecule has 0 aromatic heterocycles. The summed E-state index contributed by atoms with van der Waals surface area (Å²) < 4.78 is 7.03. The predicted molar refractivity (Wildman–Crippen MR) is 81.8 cm³/mol. The zero-order valence-corrected chi connectivity index (χ0v) is 13.3. The van der Waals surface area contributed by atoms with Crippen molar-refractivity contribution < 1.29 is 4.74 Å². The highest BCUT2D eigenvalue weighted by Gasteiger charge is 2.39. The van der Waals surface area contributed by atoms with Crippen molar-refractivity contribution in [1.29, 1.82) is 0 Å². The van der Waals surface area contributed by atoms with Gasteiger partial charge in [0.15, 0.2) is 0 Å². The first-order valence-electron chi connectivity index (χ1n) is 7.36. The van der Waals surface area contributed by atoms with Gasteiger partial charge in [-0.25, -0.2) is 0 Å². The zero-order chi connectivity index (χ0) is 13.4. The minimum atomic E-state index is 0.600. The Morgan fingerprint density at radius 3 is 2.95 bits per heavy atom. The molecular formula is C16H22BrNO. The van der Waals surface area contributed by atoms with Crippen LogP contribution in [-0.4, -0.2) is 19.2 Å². The first-order valence-corrected chi connectivity index (χ1v) is 8.15. The number of nitrogens with one attached hydrogen (secondary N) is 1. The van der Waals surface area contributed by atoms with Crippen LogP contribution in [0.15, 0.2) is 16.6 Å². The largest absolute Gasteiger partial charge is 0.493 e. The van der Waals surface area contributed by atoms with Crippen LogP contribution in [0.3, 0.4) is 0 Å². The number of halogens is 1. The average molecular weight is 324 g/mol. The monoisotopic (exact) mass is 323 g/mol. The normalized spacial score (nSPS) is 25.8. The van der Waals surface area contributed by atoms with Crippen molar-refractivity contribution in [2.24, 2.45) is 11.8 Å². The summed E-state index contributed by atoms with van der Waals surface area (Å²) in [4.78, 5) is 0. The molecule has 2 aliphatic rings. The van der Waals surface area contributed by atoms with Gasteiger partial charge in [-0.1, -0.05) is 29.8 Å². The lowest BCUT2D eigenvalue weighted by Crippen LogP contribution is -2.33. The van der Waals surface area contributed by atoms with E-state index < -0.39 is 0 Å². The van der Waals surface area contributed by atoms with Gasteiger partial charge in [-0.3, -0.25) is 0 Å². The van der Waals surface area contributed by atoms with Crippen molar-refractivity contribution >= 4 is 15.9 Å². The molecule has 1 aromatic carbocycles. The Labute approximate surface area is 124 Å². The fraction of sp³-hybridized carbons (Fsp3) is 0.625. The lowest BCUT2D eigenvalue weighted by atomic mass is 9.98. The van der Waals surface area contributed by atoms with Gasteiger partial charge in [-0.2, -0.15) is 0 Å². The van der Waals surface area contributed by atoms with Gasteiger partial charge in [0.05, 0.1) is 6.61 Å². The van der Waals surface area contributed by atoms with Gasteiger partial charge in [-0.05, 0) is 54.5 Å². The highest BCUT2D eigenvalue weighted by atomic mass is 79.9. The summed E-state index contributed by atoms with van der Waals surface area (Å²) in [5.41, 5.74) is 2.73. The maximum Gasteiger partial charge on any atom is 0.125 e. The third-order valence-corrected chi connectivity index (χ3v) is 4.88. The minimum absolute atomic E-state index is 0.600. The van der Waals surface area contributed by atoms with E-state index in [9.17, 15) is 0 Å². The van der Waals surface area contributed by atoms with Gasteiger partial charge >= 0.3 is 0 Å². The summed E-state index contributed by atoms with van der Waals surface area (Å²) in [7, 11) is 0. The number of rotatable bonds is 5. The molecule has 1 fully saturated rings. The average Bonchev–Trinajstić information content (AvgIpc) is 2.90. The summed E-state index contributed by atoms with van der Waals surface area (Å²) in [6.45, 7) is 6.44. The standard InChI is InChI=1S/C16H22BrNO/c1-3-18-15(14-6-10(14)2)9-12-8-13(17)7-11-4-5-19-16(11)12/h7-8,10,14-15,18H,3-6,9H2,1-2H3. The van der Waals surface area contributed by atoms with E-state index in [0.717, 1.165) is 43.6 Å². The summed E-state index contributed by atoms with van der Waals surface area (Å²) in [5.74, 6) is 2.88. The molecule has 0 saturated heterocycles. The number of hydrogen-bond donors (Lipinski definition) is 1. The molecule has 104 valence electrons. The molecule has 0 radical (unpaired) electrons. The Morgan fingerprint density at radius 2 is 2.26 bits per heavy atom. The van der Waals surface area contributed by atoms with Crippen molar-refractivity contribution in [2.75, 3.05) is 13.2 Å². The molecule has 3 rings (SSSR count). The van der Waals surface area contributed by atoms with Crippen LogP contribution in [0.25, 0.3) is 0 Å². The van der Waals surface area contributed by atoms with E-state index in [1.54, 1.807) is 0 Å². The smallest absolute Gasteiger partial charge is 0.125 e. The lowest BCUT2D eigenvalue weighted by molar-refractivity contribution is 0.349. The molecule has 1 heterocycles. The SMILES string of the molecule is CCNC(Cc1cc(Br)cc2c1OCC2)C1CC1C. The highest BCUT2D eigenvalue weighted by Crippen LogP contribution is 2.43. The molecule has 0 amide bonds. The molecule has 1 saturated carbocycles. The molecule has 2 nitrogen and oxygen atoms in total. The second kappa shape index (κ2) is 5.45. The van der Waals surface area contributed by atoms with Gasteiger partial charge in [0.25, 0.3) is 0 Å². The number of ether oxygens (including phenoxy) is 1. The van der Waals surface area contributed by atoms with Gasteiger partial charge in [0.1, 0.15) is 5.75 Å². The van der Waals surface area contributed by atoms with E-state index in [-0.39, 0.29) is 0 Å². The zero-order valence-electron chi connectivity index (χ0n) is 11.7. The molecule has 19 heavy (non-hydrogen) atoms. The molecule has 1 aromatic rings. The molecule has 1 aliphatic heterocycles. The Kier molecular flexibility index (Phi) is 3.86. The van der Waals surface area contributed by atoms with Crippen LogP contribution in [-0.2, 0) is 12.8 Å². The number of likely N-dealkylation sites (N-methyl/N-ethyl adjacent to an activating group) is 1. The van der Waals surface area contributed by atoms with E-state index in [4.69, 9.17) is 4.74 Å². The van der Waals surface area contributed by atoms with Gasteiger partial charge in [0, 0.05) is 16.9 Å². The van der Waals surface area contributed by atoms with E-state index in [0.29, 0.717) is 6.04 Å². The molecule has 3 unspecified atom stereocenters. The van der Waals surface area contributed by atoms with E-state index in [1.807, 2.05) is 0 Å². The van der Waals surface area contributed by atoms with Crippen molar-refractivity contribution in [1.82, 2.24) is 5.32 Å². The topological polar surface area (TPSA) is 21.3 Å². The second-order valence-corrected chi connectivity index (χ2v) is 6.81. The molecule has 1 aliphatic carbocycles. The van der Waals surface area contributed by atoms with Crippen LogP contribution in [0.1, 0.15) is 31.4 Å². The summed E-state index contributed by atoms with van der Waals surface area (Å²) >= 11 is 3.63. The maximum atomic E-state index is 5.84. The molecule has 1 N–H and O–H groups in total. The van der Waals surface area contributed by atoms with Crippen LogP contribution in [0, 0.1) is 11.8 Å². The third kappa shape index (κ3) is 2.82. The fourth-order valence-electron chi connectivity index (χ4n) is 3.28. The highest BCUT2D eigenvalue weighted by molar-refractivity contribution is 9.10. The van der Waals surface area contributed by atoms with Gasteiger partial charge in [-0.15, -0.1) is 0 Å². The van der Waals surface area contributed by atoms with Crippen molar-refractivity contribution in [2.45, 2.75) is 39.2 Å². The van der Waals surface area contributed by atoms with Crippen LogP contribution in [0.2, 0.25) is 0 Å². The molecule has 0 bridgehead atoms. The van der Waals surface area contributed by atoms with Crippen molar-refractivity contribution in [3.8, 4) is 5.75 Å². The Morgan fingerprint density at radius 1 is 1.47 bits per heavy atom. The van der Waals surface area contributed by atoms with Gasteiger partial charge < -0.3 is 10.1 Å². The number of hydrogen-bond acceptors (Lipinski definition) is 2. The number of benzene rings is 1. The van der Waals surface area contributed by atoms with Gasteiger partial charge in [0.2, 0.25) is 0 Å². The maximum absolute atomic E-state index is 5.84. The molecule has 3 atom stereocenters. The lowest BCUT2D eigenvalue weighted by Gasteiger charge is -2.19. The van der Waals surface area contributed by atoms with Crippen LogP contribution in [0.5, 0.6) is 5.75 Å². The first kappa shape index (κ1) is 13.4. The van der Waals surface area contributed by atoms with E-state index in [2.05, 4.69) is 47.2 Å². The van der Waals surface area contributed by atoms with E-state index in [1.165, 1.54) is 22.0 Å². The third-order valence-electron chi connectivity index (χ3n) is 4.42. The first-order chi connectivity index (χ1) is 9.19. The predicted octanol–water partition coefficient (Wildman–Crippen LogP) is 3.56. The van der Waals surface area contributed by atoms with Crippen molar-refractivity contribution in [3.05, 3.63) is 27.7 Å². The quantitative estimate of drug-likeness (QED) is 0.894. The molecule has 3 heteroatoms.